The van der Waals surface area contributed by atoms with Gasteiger partial charge in [-0.3, -0.25) is 0 Å². The van der Waals surface area contributed by atoms with Gasteiger partial charge >= 0.3 is 0 Å². The van der Waals surface area contributed by atoms with Crippen molar-refractivity contribution in [2.24, 2.45) is 0 Å². The van der Waals surface area contributed by atoms with Gasteiger partial charge in [0.05, 0.1) is 20.3 Å². The van der Waals surface area contributed by atoms with Crippen molar-refractivity contribution in [3.8, 4) is 11.5 Å². The van der Waals surface area contributed by atoms with Gasteiger partial charge < -0.3 is 19.2 Å². The van der Waals surface area contributed by atoms with Crippen LogP contribution in [-0.2, 0) is 0 Å². The number of ether oxygens (including phenoxy) is 2. The van der Waals surface area contributed by atoms with Crippen LogP contribution in [0.15, 0.2) is 28.7 Å². The second-order valence-electron chi connectivity index (χ2n) is 4.07. The quantitative estimate of drug-likeness (QED) is 0.908. The van der Waals surface area contributed by atoms with Gasteiger partial charge in [0.25, 0.3) is 0 Å². The number of furan rings is 1. The molecule has 0 fully saturated rings. The Labute approximate surface area is 127 Å². The third kappa shape index (κ3) is 2.73. The van der Waals surface area contributed by atoms with Crippen molar-refractivity contribution < 1.29 is 13.9 Å². The molecule has 1 aromatic heterocycles. The highest BCUT2D eigenvalue weighted by molar-refractivity contribution is 6.33. The molecule has 1 atom stereocenters. The first kappa shape index (κ1) is 15.0. The van der Waals surface area contributed by atoms with E-state index in [-0.39, 0.29) is 6.04 Å². The maximum Gasteiger partial charge on any atom is 0.193 e. The summed E-state index contributed by atoms with van der Waals surface area (Å²) in [6.45, 7) is 0. The fourth-order valence-corrected chi connectivity index (χ4v) is 2.56. The van der Waals surface area contributed by atoms with Crippen LogP contribution in [0.1, 0.15) is 17.4 Å². The lowest BCUT2D eigenvalue weighted by molar-refractivity contribution is 0.383. The van der Waals surface area contributed by atoms with Crippen LogP contribution in [0.4, 0.5) is 0 Å². The highest BCUT2D eigenvalue weighted by atomic mass is 35.5. The highest BCUT2D eigenvalue weighted by Crippen LogP contribution is 2.41. The van der Waals surface area contributed by atoms with E-state index >= 15 is 0 Å². The van der Waals surface area contributed by atoms with E-state index in [2.05, 4.69) is 5.32 Å². The van der Waals surface area contributed by atoms with Gasteiger partial charge in [-0.25, -0.2) is 0 Å². The summed E-state index contributed by atoms with van der Waals surface area (Å²) in [6, 6.07) is 6.94. The molecule has 2 rings (SSSR count). The van der Waals surface area contributed by atoms with E-state index in [9.17, 15) is 0 Å². The zero-order valence-electron chi connectivity index (χ0n) is 11.4. The van der Waals surface area contributed by atoms with E-state index < -0.39 is 0 Å². The number of hydrogen-bond donors (Lipinski definition) is 1. The van der Waals surface area contributed by atoms with Gasteiger partial charge in [-0.1, -0.05) is 11.6 Å². The lowest BCUT2D eigenvalue weighted by Gasteiger charge is -2.19. The minimum absolute atomic E-state index is 0.221. The molecule has 1 aromatic carbocycles. The van der Waals surface area contributed by atoms with E-state index in [0.717, 1.165) is 5.56 Å². The van der Waals surface area contributed by atoms with Crippen LogP contribution in [0.5, 0.6) is 11.5 Å². The van der Waals surface area contributed by atoms with Crippen molar-refractivity contribution in [1.29, 1.82) is 0 Å². The maximum absolute atomic E-state index is 6.27. The summed E-state index contributed by atoms with van der Waals surface area (Å²) in [5.41, 5.74) is 0.840. The van der Waals surface area contributed by atoms with E-state index in [0.29, 0.717) is 27.5 Å². The Hall–Kier alpha value is -1.36. The number of methoxy groups -OCH3 is 2. The smallest absolute Gasteiger partial charge is 0.193 e. The van der Waals surface area contributed by atoms with Crippen molar-refractivity contribution >= 4 is 23.2 Å². The Kier molecular flexibility index (Phi) is 4.81. The summed E-state index contributed by atoms with van der Waals surface area (Å²) in [4.78, 5) is 0. The van der Waals surface area contributed by atoms with Gasteiger partial charge in [0.15, 0.2) is 5.22 Å². The molecule has 0 aliphatic rings. The van der Waals surface area contributed by atoms with Gasteiger partial charge in [-0.15, -0.1) is 0 Å². The number of halogens is 2. The van der Waals surface area contributed by atoms with Crippen LogP contribution < -0.4 is 14.8 Å². The summed E-state index contributed by atoms with van der Waals surface area (Å²) in [7, 11) is 4.94. The average Bonchev–Trinajstić information content (AvgIpc) is 2.86. The molecule has 0 bridgehead atoms. The summed E-state index contributed by atoms with van der Waals surface area (Å²) in [5.74, 6) is 1.77. The molecule has 0 amide bonds. The van der Waals surface area contributed by atoms with Crippen LogP contribution in [0, 0.1) is 0 Å². The van der Waals surface area contributed by atoms with E-state index in [4.69, 9.17) is 37.1 Å². The second-order valence-corrected chi connectivity index (χ2v) is 4.82. The number of rotatable bonds is 5. The molecule has 4 nitrogen and oxygen atoms in total. The van der Waals surface area contributed by atoms with Gasteiger partial charge in [-0.2, -0.15) is 0 Å². The molecule has 0 aliphatic heterocycles. The van der Waals surface area contributed by atoms with Crippen molar-refractivity contribution in [1.82, 2.24) is 5.32 Å². The van der Waals surface area contributed by atoms with Gasteiger partial charge in [0.1, 0.15) is 22.3 Å². The first-order chi connectivity index (χ1) is 9.62. The predicted molar refractivity (Wildman–Crippen MR) is 79.2 cm³/mol. The molecule has 1 N–H and O–H groups in total. The van der Waals surface area contributed by atoms with Crippen LogP contribution in [0.3, 0.4) is 0 Å². The Bertz CT molecular complexity index is 598. The lowest BCUT2D eigenvalue weighted by Crippen LogP contribution is -2.18. The molecular formula is C14H15Cl2NO3. The number of hydrogen-bond acceptors (Lipinski definition) is 4. The summed E-state index contributed by atoms with van der Waals surface area (Å²) in [5, 5.41) is 3.91. The monoisotopic (exact) mass is 315 g/mol. The van der Waals surface area contributed by atoms with E-state index in [1.54, 1.807) is 32.4 Å². The summed E-state index contributed by atoms with van der Waals surface area (Å²) < 4.78 is 16.1. The molecule has 1 heterocycles. The van der Waals surface area contributed by atoms with Crippen molar-refractivity contribution in [2.45, 2.75) is 6.04 Å². The van der Waals surface area contributed by atoms with Crippen molar-refractivity contribution in [3.05, 3.63) is 45.8 Å². The molecule has 0 aliphatic carbocycles. The normalized spacial score (nSPS) is 12.2. The maximum atomic E-state index is 6.27. The summed E-state index contributed by atoms with van der Waals surface area (Å²) >= 11 is 12.1. The fourth-order valence-electron chi connectivity index (χ4n) is 2.08. The molecular weight excluding hydrogens is 301 g/mol. The van der Waals surface area contributed by atoms with Crippen LogP contribution in [-0.4, -0.2) is 21.3 Å². The molecule has 20 heavy (non-hydrogen) atoms. The zero-order valence-corrected chi connectivity index (χ0v) is 12.9. The molecule has 6 heteroatoms. The Morgan fingerprint density at radius 1 is 1.10 bits per heavy atom. The molecule has 0 spiro atoms. The SMILES string of the molecule is CNC(c1ccc(Cl)o1)c1ccc(OC)c(Cl)c1OC. The number of benzene rings is 1. The first-order valence-electron chi connectivity index (χ1n) is 5.95. The Balaban J connectivity index is 2.52. The Morgan fingerprint density at radius 2 is 1.85 bits per heavy atom. The second kappa shape index (κ2) is 6.39. The lowest BCUT2D eigenvalue weighted by atomic mass is 10.0. The molecule has 108 valence electrons. The van der Waals surface area contributed by atoms with Gasteiger partial charge in [0.2, 0.25) is 0 Å². The van der Waals surface area contributed by atoms with Gasteiger partial charge in [-0.05, 0) is 42.9 Å². The molecule has 0 radical (unpaired) electrons. The van der Waals surface area contributed by atoms with Crippen LogP contribution in [0.25, 0.3) is 0 Å². The van der Waals surface area contributed by atoms with Gasteiger partial charge in [0, 0.05) is 5.56 Å². The van der Waals surface area contributed by atoms with Crippen LogP contribution >= 0.6 is 23.2 Å². The largest absolute Gasteiger partial charge is 0.495 e. The van der Waals surface area contributed by atoms with E-state index in [1.807, 2.05) is 13.1 Å². The topological polar surface area (TPSA) is 43.6 Å². The predicted octanol–water partition coefficient (Wildman–Crippen LogP) is 3.91. The van der Waals surface area contributed by atoms with E-state index in [1.165, 1.54) is 0 Å². The van der Waals surface area contributed by atoms with Crippen molar-refractivity contribution in [3.63, 3.8) is 0 Å². The standard InChI is InChI=1S/C14H15Cl2NO3/c1-17-13(10-6-7-11(15)20-10)8-4-5-9(18-2)12(16)14(8)19-3/h4-7,13,17H,1-3H3. The molecule has 0 saturated heterocycles. The molecule has 2 aromatic rings. The fraction of sp³-hybridized carbons (Fsp3) is 0.286. The molecule has 1 unspecified atom stereocenters. The Morgan fingerprint density at radius 3 is 2.35 bits per heavy atom. The highest BCUT2D eigenvalue weighted by Gasteiger charge is 2.23. The average molecular weight is 316 g/mol. The van der Waals surface area contributed by atoms with Crippen LogP contribution in [0.2, 0.25) is 10.2 Å². The molecule has 0 saturated carbocycles. The summed E-state index contributed by atoms with van der Waals surface area (Å²) in [6.07, 6.45) is 0. The number of nitrogens with one attached hydrogen (secondary N) is 1. The zero-order chi connectivity index (χ0) is 14.7. The minimum Gasteiger partial charge on any atom is -0.495 e. The third-order valence-electron chi connectivity index (χ3n) is 2.99. The third-order valence-corrected chi connectivity index (χ3v) is 3.56. The van der Waals surface area contributed by atoms with Crippen molar-refractivity contribution in [2.75, 3.05) is 21.3 Å². The minimum atomic E-state index is -0.221. The first-order valence-corrected chi connectivity index (χ1v) is 6.70.